The average Bonchev–Trinajstić information content (AvgIpc) is 2.40. The first-order chi connectivity index (χ1) is 8.63. The van der Waals surface area contributed by atoms with Crippen LogP contribution in [0.25, 0.3) is 0 Å². The number of carbonyl (C=O) groups is 2. The van der Waals surface area contributed by atoms with Gasteiger partial charge in [-0.1, -0.05) is 0 Å². The Hall–Kier alpha value is -2.42. The lowest BCUT2D eigenvalue weighted by molar-refractivity contribution is -0.146. The van der Waals surface area contributed by atoms with Gasteiger partial charge in [-0.05, 0) is 18.6 Å². The van der Waals surface area contributed by atoms with E-state index in [9.17, 15) is 9.59 Å². The van der Waals surface area contributed by atoms with E-state index in [2.05, 4.69) is 10.3 Å². The number of carbonyl (C=O) groups excluding carboxylic acids is 2. The molecule has 1 saturated heterocycles. The summed E-state index contributed by atoms with van der Waals surface area (Å²) in [6, 6.07) is 4.78. The molecule has 2 amide bonds. The van der Waals surface area contributed by atoms with Crippen LogP contribution < -0.4 is 5.32 Å². The molecule has 1 aliphatic rings. The minimum Gasteiger partial charge on any atom is -0.357 e. The largest absolute Gasteiger partial charge is 0.357 e. The number of imide groups is 1. The van der Waals surface area contributed by atoms with Crippen LogP contribution in [-0.4, -0.2) is 34.8 Å². The third-order valence-electron chi connectivity index (χ3n) is 2.89. The van der Waals surface area contributed by atoms with E-state index in [1.165, 1.54) is 7.05 Å². The Morgan fingerprint density at radius 2 is 2.33 bits per heavy atom. The zero-order valence-electron chi connectivity index (χ0n) is 9.88. The summed E-state index contributed by atoms with van der Waals surface area (Å²) in [6.45, 7) is 0. The van der Waals surface area contributed by atoms with E-state index in [4.69, 9.17) is 5.26 Å². The molecule has 1 atom stereocenters. The molecule has 2 rings (SSSR count). The first-order valence-corrected chi connectivity index (χ1v) is 5.55. The van der Waals surface area contributed by atoms with Crippen molar-refractivity contribution in [2.45, 2.75) is 18.9 Å². The van der Waals surface area contributed by atoms with Gasteiger partial charge in [0.25, 0.3) is 5.91 Å². The third-order valence-corrected chi connectivity index (χ3v) is 2.89. The van der Waals surface area contributed by atoms with Gasteiger partial charge in [-0.25, -0.2) is 4.98 Å². The van der Waals surface area contributed by atoms with Crippen LogP contribution in [-0.2, 0) is 9.59 Å². The lowest BCUT2D eigenvalue weighted by atomic mass is 10.0. The second-order valence-electron chi connectivity index (χ2n) is 4.04. The van der Waals surface area contributed by atoms with Gasteiger partial charge in [-0.2, -0.15) is 5.26 Å². The molecule has 6 nitrogen and oxygen atoms in total. The summed E-state index contributed by atoms with van der Waals surface area (Å²) in [4.78, 5) is 28.3. The zero-order chi connectivity index (χ0) is 13.1. The van der Waals surface area contributed by atoms with Gasteiger partial charge >= 0.3 is 0 Å². The van der Waals surface area contributed by atoms with Crippen LogP contribution in [0.2, 0.25) is 0 Å². The first kappa shape index (κ1) is 12.0. The van der Waals surface area contributed by atoms with Gasteiger partial charge in [0.05, 0.1) is 5.56 Å². The number of hydrogen-bond donors (Lipinski definition) is 1. The molecule has 1 aliphatic heterocycles. The molecule has 2 heterocycles. The maximum Gasteiger partial charge on any atom is 0.251 e. The molecule has 92 valence electrons. The summed E-state index contributed by atoms with van der Waals surface area (Å²) in [5.41, 5.74) is 0.379. The molecule has 1 fully saturated rings. The zero-order valence-corrected chi connectivity index (χ0v) is 9.88. The highest BCUT2D eigenvalue weighted by Crippen LogP contribution is 2.18. The Morgan fingerprint density at radius 3 is 3.06 bits per heavy atom. The van der Waals surface area contributed by atoms with Crippen molar-refractivity contribution in [2.75, 3.05) is 12.4 Å². The predicted octanol–water partition coefficient (Wildman–Crippen LogP) is 0.513. The number of anilines is 1. The van der Waals surface area contributed by atoms with Crippen LogP contribution in [0.3, 0.4) is 0 Å². The summed E-state index contributed by atoms with van der Waals surface area (Å²) in [5, 5.41) is 11.9. The van der Waals surface area contributed by atoms with Crippen molar-refractivity contribution in [3.8, 4) is 6.07 Å². The predicted molar refractivity (Wildman–Crippen MR) is 63.4 cm³/mol. The van der Waals surface area contributed by atoms with Crippen LogP contribution >= 0.6 is 0 Å². The number of likely N-dealkylation sites (N-methyl/N-ethyl adjacent to an activating group) is 1. The van der Waals surface area contributed by atoms with Gasteiger partial charge in [-0.15, -0.1) is 0 Å². The van der Waals surface area contributed by atoms with Gasteiger partial charge in [0, 0.05) is 19.7 Å². The number of rotatable bonds is 2. The van der Waals surface area contributed by atoms with Crippen LogP contribution in [0.4, 0.5) is 5.82 Å². The maximum atomic E-state index is 11.9. The van der Waals surface area contributed by atoms with Crippen molar-refractivity contribution in [3.63, 3.8) is 0 Å². The summed E-state index contributed by atoms with van der Waals surface area (Å²) in [7, 11) is 1.46. The van der Waals surface area contributed by atoms with E-state index in [0.29, 0.717) is 24.2 Å². The number of pyridine rings is 1. The highest BCUT2D eigenvalue weighted by Gasteiger charge is 2.32. The van der Waals surface area contributed by atoms with Crippen molar-refractivity contribution < 1.29 is 9.59 Å². The van der Waals surface area contributed by atoms with Crippen LogP contribution in [0.15, 0.2) is 18.3 Å². The Morgan fingerprint density at radius 1 is 1.56 bits per heavy atom. The number of nitrogens with zero attached hydrogens (tertiary/aromatic N) is 3. The molecule has 1 aromatic rings. The molecule has 1 N–H and O–H groups in total. The number of nitrogens with one attached hydrogen (secondary N) is 1. The standard InChI is InChI=1S/C12H12N4O2/c1-16-10(17)5-4-9(12(16)18)15-11-8(7-13)3-2-6-14-11/h2-3,6,9H,4-5H2,1H3,(H,14,15). The van der Waals surface area contributed by atoms with E-state index >= 15 is 0 Å². The Balaban J connectivity index is 2.17. The highest BCUT2D eigenvalue weighted by atomic mass is 16.2. The molecule has 1 unspecified atom stereocenters. The minimum atomic E-state index is -0.505. The van der Waals surface area contributed by atoms with Gasteiger partial charge in [0.15, 0.2) is 0 Å². The van der Waals surface area contributed by atoms with Crippen molar-refractivity contribution in [2.24, 2.45) is 0 Å². The number of amides is 2. The summed E-state index contributed by atoms with van der Waals surface area (Å²) in [6.07, 6.45) is 2.28. The molecule has 0 spiro atoms. The average molecular weight is 244 g/mol. The highest BCUT2D eigenvalue weighted by molar-refractivity contribution is 6.01. The molecule has 6 heteroatoms. The normalized spacial score (nSPS) is 19.6. The SMILES string of the molecule is CN1C(=O)CCC(Nc2ncccc2C#N)C1=O. The van der Waals surface area contributed by atoms with Gasteiger partial charge in [-0.3, -0.25) is 14.5 Å². The minimum absolute atomic E-state index is 0.181. The lowest BCUT2D eigenvalue weighted by Gasteiger charge is -2.28. The Kier molecular flexibility index (Phi) is 3.24. The van der Waals surface area contributed by atoms with E-state index in [0.717, 1.165) is 4.90 Å². The van der Waals surface area contributed by atoms with Crippen molar-refractivity contribution in [1.82, 2.24) is 9.88 Å². The van der Waals surface area contributed by atoms with Crippen LogP contribution in [0.5, 0.6) is 0 Å². The third kappa shape index (κ3) is 2.15. The van der Waals surface area contributed by atoms with E-state index in [1.807, 2.05) is 6.07 Å². The van der Waals surface area contributed by atoms with Gasteiger partial charge < -0.3 is 5.32 Å². The lowest BCUT2D eigenvalue weighted by Crippen LogP contribution is -2.48. The summed E-state index contributed by atoms with van der Waals surface area (Å²) in [5.74, 6) is -0.0959. The molecule has 0 aliphatic carbocycles. The smallest absolute Gasteiger partial charge is 0.251 e. The van der Waals surface area contributed by atoms with Crippen LogP contribution in [0.1, 0.15) is 18.4 Å². The quantitative estimate of drug-likeness (QED) is 0.766. The van der Waals surface area contributed by atoms with Crippen molar-refractivity contribution in [1.29, 1.82) is 5.26 Å². The maximum absolute atomic E-state index is 11.9. The number of likely N-dealkylation sites (tertiary alicyclic amines) is 1. The second kappa shape index (κ2) is 4.84. The topological polar surface area (TPSA) is 86.1 Å². The number of hydrogen-bond acceptors (Lipinski definition) is 5. The number of aromatic nitrogens is 1. The molecular formula is C12H12N4O2. The number of piperidine rings is 1. The molecule has 0 aromatic carbocycles. The summed E-state index contributed by atoms with van der Waals surface area (Å²) >= 11 is 0. The molecule has 0 saturated carbocycles. The van der Waals surface area contributed by atoms with E-state index in [1.54, 1.807) is 18.3 Å². The molecule has 1 aromatic heterocycles. The Bertz CT molecular complexity index is 535. The molecule has 0 radical (unpaired) electrons. The van der Waals surface area contributed by atoms with E-state index < -0.39 is 6.04 Å². The molecular weight excluding hydrogens is 232 g/mol. The van der Waals surface area contributed by atoms with Crippen molar-refractivity contribution in [3.05, 3.63) is 23.9 Å². The fourth-order valence-electron chi connectivity index (χ4n) is 1.83. The number of nitriles is 1. The summed E-state index contributed by atoms with van der Waals surface area (Å²) < 4.78 is 0. The first-order valence-electron chi connectivity index (χ1n) is 5.55. The Labute approximate surface area is 104 Å². The van der Waals surface area contributed by atoms with Crippen LogP contribution in [0, 0.1) is 11.3 Å². The fourth-order valence-corrected chi connectivity index (χ4v) is 1.83. The monoisotopic (exact) mass is 244 g/mol. The second-order valence-corrected chi connectivity index (χ2v) is 4.04. The van der Waals surface area contributed by atoms with Gasteiger partial charge in [0.2, 0.25) is 5.91 Å². The van der Waals surface area contributed by atoms with Gasteiger partial charge in [0.1, 0.15) is 17.9 Å². The molecule has 18 heavy (non-hydrogen) atoms. The van der Waals surface area contributed by atoms with Crippen molar-refractivity contribution >= 4 is 17.6 Å². The fraction of sp³-hybridized carbons (Fsp3) is 0.333. The molecule has 0 bridgehead atoms. The van der Waals surface area contributed by atoms with E-state index in [-0.39, 0.29) is 11.8 Å².